The van der Waals surface area contributed by atoms with Gasteiger partial charge in [-0.05, 0) is 36.2 Å². The summed E-state index contributed by atoms with van der Waals surface area (Å²) >= 11 is 3.33. The van der Waals surface area contributed by atoms with Crippen LogP contribution in [0.15, 0.2) is 41.1 Å². The third kappa shape index (κ3) is 4.66. The fourth-order valence-electron chi connectivity index (χ4n) is 2.71. The maximum Gasteiger partial charge on any atom is 0.317 e. The van der Waals surface area contributed by atoms with Gasteiger partial charge < -0.3 is 15.1 Å². The van der Waals surface area contributed by atoms with Crippen LogP contribution >= 0.6 is 15.9 Å². The Balaban J connectivity index is 1.44. The predicted octanol–water partition coefficient (Wildman–Crippen LogP) is 2.45. The molecule has 0 radical (unpaired) electrons. The fourth-order valence-corrected chi connectivity index (χ4v) is 3.12. The molecule has 0 unspecified atom stereocenters. The van der Waals surface area contributed by atoms with Crippen molar-refractivity contribution in [1.29, 1.82) is 0 Å². The quantitative estimate of drug-likeness (QED) is 0.845. The number of carbonyl (C=O) groups is 1. The van der Waals surface area contributed by atoms with E-state index in [4.69, 9.17) is 0 Å². The number of anilines is 1. The summed E-state index contributed by atoms with van der Waals surface area (Å²) in [6.45, 7) is 2.99. The zero-order valence-electron chi connectivity index (χ0n) is 13.7. The van der Waals surface area contributed by atoms with E-state index in [9.17, 15) is 9.18 Å². The molecule has 0 spiro atoms. The van der Waals surface area contributed by atoms with E-state index in [1.807, 2.05) is 0 Å². The van der Waals surface area contributed by atoms with E-state index in [1.165, 1.54) is 6.07 Å². The van der Waals surface area contributed by atoms with Gasteiger partial charge in [-0.2, -0.15) is 0 Å². The van der Waals surface area contributed by atoms with E-state index in [0.717, 1.165) is 4.47 Å². The van der Waals surface area contributed by atoms with E-state index in [-0.39, 0.29) is 11.8 Å². The van der Waals surface area contributed by atoms with Crippen molar-refractivity contribution in [3.05, 3.63) is 52.5 Å². The Morgan fingerprint density at radius 1 is 1.20 bits per heavy atom. The Kier molecular flexibility index (Phi) is 5.80. The summed E-state index contributed by atoms with van der Waals surface area (Å²) in [6.07, 6.45) is 3.87. The number of urea groups is 1. The van der Waals surface area contributed by atoms with Gasteiger partial charge in [-0.1, -0.05) is 15.9 Å². The van der Waals surface area contributed by atoms with Crippen molar-refractivity contribution in [2.45, 2.75) is 6.42 Å². The fraction of sp³-hybridized carbons (Fsp3) is 0.353. The molecule has 1 fully saturated rings. The summed E-state index contributed by atoms with van der Waals surface area (Å²) in [7, 11) is 0. The zero-order valence-corrected chi connectivity index (χ0v) is 15.2. The normalized spacial score (nSPS) is 14.5. The number of hydrogen-bond donors (Lipinski definition) is 1. The van der Waals surface area contributed by atoms with Crippen molar-refractivity contribution in [3.8, 4) is 0 Å². The first-order chi connectivity index (χ1) is 12.1. The molecule has 3 rings (SSSR count). The number of nitrogens with zero attached hydrogens (tertiary/aromatic N) is 4. The van der Waals surface area contributed by atoms with Gasteiger partial charge in [0.15, 0.2) is 0 Å². The van der Waals surface area contributed by atoms with Gasteiger partial charge in [0.1, 0.15) is 5.82 Å². The molecule has 1 saturated heterocycles. The van der Waals surface area contributed by atoms with Crippen LogP contribution in [0.2, 0.25) is 0 Å². The van der Waals surface area contributed by atoms with Crippen LogP contribution in [0.1, 0.15) is 5.56 Å². The van der Waals surface area contributed by atoms with E-state index in [0.29, 0.717) is 50.7 Å². The summed E-state index contributed by atoms with van der Waals surface area (Å²) < 4.78 is 14.5. The van der Waals surface area contributed by atoms with E-state index in [2.05, 4.69) is 36.1 Å². The minimum Gasteiger partial charge on any atom is -0.338 e. The second-order valence-electron chi connectivity index (χ2n) is 5.74. The lowest BCUT2D eigenvalue weighted by Crippen LogP contribution is -2.52. The van der Waals surface area contributed by atoms with Crippen molar-refractivity contribution < 1.29 is 9.18 Å². The monoisotopic (exact) mass is 407 g/mol. The van der Waals surface area contributed by atoms with Crippen molar-refractivity contribution >= 4 is 27.9 Å². The molecule has 0 atom stereocenters. The van der Waals surface area contributed by atoms with Crippen LogP contribution in [0.3, 0.4) is 0 Å². The molecule has 1 N–H and O–H groups in total. The summed E-state index contributed by atoms with van der Waals surface area (Å²) in [5.74, 6) is 0.432. The maximum atomic E-state index is 13.7. The van der Waals surface area contributed by atoms with Crippen molar-refractivity contribution in [1.82, 2.24) is 20.2 Å². The highest BCUT2D eigenvalue weighted by Gasteiger charge is 2.22. The van der Waals surface area contributed by atoms with Crippen LogP contribution in [0.25, 0.3) is 0 Å². The standard InChI is InChI=1S/C17H19BrFN5O/c18-14-2-3-15(19)13(12-14)4-7-22-17(25)24-10-8-23(9-11-24)16-20-5-1-6-21-16/h1-3,5-6,12H,4,7-11H2,(H,22,25). The van der Waals surface area contributed by atoms with Crippen LogP contribution in [-0.2, 0) is 6.42 Å². The smallest absolute Gasteiger partial charge is 0.317 e. The lowest BCUT2D eigenvalue weighted by Gasteiger charge is -2.34. The molecule has 0 aliphatic carbocycles. The van der Waals surface area contributed by atoms with Crippen LogP contribution in [0, 0.1) is 5.82 Å². The highest BCUT2D eigenvalue weighted by molar-refractivity contribution is 9.10. The second kappa shape index (κ2) is 8.24. The molecular weight excluding hydrogens is 389 g/mol. The van der Waals surface area contributed by atoms with Gasteiger partial charge in [0.2, 0.25) is 5.95 Å². The molecule has 1 aliphatic rings. The van der Waals surface area contributed by atoms with Gasteiger partial charge in [0.25, 0.3) is 0 Å². The van der Waals surface area contributed by atoms with E-state index >= 15 is 0 Å². The largest absolute Gasteiger partial charge is 0.338 e. The molecule has 25 heavy (non-hydrogen) atoms. The summed E-state index contributed by atoms with van der Waals surface area (Å²) in [5.41, 5.74) is 0.584. The zero-order chi connectivity index (χ0) is 17.6. The highest BCUT2D eigenvalue weighted by Crippen LogP contribution is 2.16. The first-order valence-corrected chi connectivity index (χ1v) is 8.91. The SMILES string of the molecule is O=C(NCCc1cc(Br)ccc1F)N1CCN(c2ncccn2)CC1. The van der Waals surface area contributed by atoms with Gasteiger partial charge in [0.05, 0.1) is 0 Å². The number of benzene rings is 1. The molecule has 6 nitrogen and oxygen atoms in total. The first kappa shape index (κ1) is 17.6. The summed E-state index contributed by atoms with van der Waals surface area (Å²) in [6, 6.07) is 6.48. The van der Waals surface area contributed by atoms with Crippen molar-refractivity contribution in [3.63, 3.8) is 0 Å². The number of nitrogens with one attached hydrogen (secondary N) is 1. The van der Waals surface area contributed by atoms with Gasteiger partial charge in [0, 0.05) is 49.6 Å². The number of carbonyl (C=O) groups excluding carboxylic acids is 1. The Morgan fingerprint density at radius 3 is 2.64 bits per heavy atom. The molecule has 1 aliphatic heterocycles. The molecule has 2 heterocycles. The van der Waals surface area contributed by atoms with Crippen LogP contribution in [-0.4, -0.2) is 53.6 Å². The number of halogens is 2. The Hall–Kier alpha value is -2.22. The third-order valence-electron chi connectivity index (χ3n) is 4.08. The third-order valence-corrected chi connectivity index (χ3v) is 4.57. The summed E-state index contributed by atoms with van der Waals surface area (Å²) in [5, 5.41) is 2.86. The molecule has 0 saturated carbocycles. The Bertz CT molecular complexity index is 722. The molecule has 8 heteroatoms. The minimum absolute atomic E-state index is 0.121. The van der Waals surface area contributed by atoms with Crippen molar-refractivity contribution in [2.75, 3.05) is 37.6 Å². The van der Waals surface area contributed by atoms with Crippen LogP contribution in [0.4, 0.5) is 15.1 Å². The molecule has 2 aromatic rings. The Labute approximate surface area is 154 Å². The highest BCUT2D eigenvalue weighted by atomic mass is 79.9. The average Bonchev–Trinajstić information content (AvgIpc) is 2.65. The lowest BCUT2D eigenvalue weighted by atomic mass is 10.1. The van der Waals surface area contributed by atoms with Gasteiger partial charge in [-0.25, -0.2) is 19.2 Å². The maximum absolute atomic E-state index is 13.7. The lowest BCUT2D eigenvalue weighted by molar-refractivity contribution is 0.194. The number of rotatable bonds is 4. The molecular formula is C17H19BrFN5O. The van der Waals surface area contributed by atoms with Crippen LogP contribution < -0.4 is 10.2 Å². The molecule has 1 aromatic carbocycles. The van der Waals surface area contributed by atoms with Gasteiger partial charge >= 0.3 is 6.03 Å². The minimum atomic E-state index is -0.256. The molecule has 0 bridgehead atoms. The van der Waals surface area contributed by atoms with Gasteiger partial charge in [-0.15, -0.1) is 0 Å². The van der Waals surface area contributed by atoms with Crippen LogP contribution in [0.5, 0.6) is 0 Å². The number of hydrogen-bond acceptors (Lipinski definition) is 4. The predicted molar refractivity (Wildman–Crippen MR) is 97.0 cm³/mol. The van der Waals surface area contributed by atoms with E-state index < -0.39 is 0 Å². The topological polar surface area (TPSA) is 61.4 Å². The number of piperazine rings is 1. The average molecular weight is 408 g/mol. The number of aromatic nitrogens is 2. The second-order valence-corrected chi connectivity index (χ2v) is 6.66. The Morgan fingerprint density at radius 2 is 1.92 bits per heavy atom. The number of amides is 2. The van der Waals surface area contributed by atoms with Gasteiger partial charge in [-0.3, -0.25) is 0 Å². The molecule has 1 aromatic heterocycles. The molecule has 132 valence electrons. The first-order valence-electron chi connectivity index (χ1n) is 8.12. The van der Waals surface area contributed by atoms with E-state index in [1.54, 1.807) is 35.5 Å². The molecule has 2 amide bonds. The summed E-state index contributed by atoms with van der Waals surface area (Å²) in [4.78, 5) is 24.5. The van der Waals surface area contributed by atoms with Crippen molar-refractivity contribution in [2.24, 2.45) is 0 Å².